The number of hydrogen-bond acceptors (Lipinski definition) is 4. The smallest absolute Gasteiger partial charge is 0.160 e. The van der Waals surface area contributed by atoms with Crippen LogP contribution >= 0.6 is 0 Å². The molecule has 5 heteroatoms. The van der Waals surface area contributed by atoms with Gasteiger partial charge in [0, 0.05) is 18.5 Å². The zero-order valence-corrected chi connectivity index (χ0v) is 13.2. The highest BCUT2D eigenvalue weighted by Crippen LogP contribution is 2.37. The van der Waals surface area contributed by atoms with Gasteiger partial charge >= 0.3 is 0 Å². The SMILES string of the molecule is CNC1CCCC(c2c(OC)cnn2CCN(C)C)C1. The lowest BCUT2D eigenvalue weighted by Gasteiger charge is -2.30. The van der Waals surface area contributed by atoms with Crippen LogP contribution in [0.25, 0.3) is 0 Å². The fourth-order valence-electron chi connectivity index (χ4n) is 3.12. The van der Waals surface area contributed by atoms with Gasteiger partial charge in [0.1, 0.15) is 0 Å². The van der Waals surface area contributed by atoms with Crippen molar-refractivity contribution in [1.82, 2.24) is 20.0 Å². The summed E-state index contributed by atoms with van der Waals surface area (Å²) in [6.45, 7) is 1.92. The monoisotopic (exact) mass is 280 g/mol. The topological polar surface area (TPSA) is 42.3 Å². The van der Waals surface area contributed by atoms with E-state index < -0.39 is 0 Å². The van der Waals surface area contributed by atoms with E-state index in [-0.39, 0.29) is 0 Å². The third-order valence-electron chi connectivity index (χ3n) is 4.29. The van der Waals surface area contributed by atoms with Gasteiger partial charge in [-0.3, -0.25) is 4.68 Å². The number of methoxy groups -OCH3 is 1. The second-order valence-corrected chi connectivity index (χ2v) is 5.97. The molecule has 1 saturated carbocycles. The van der Waals surface area contributed by atoms with E-state index in [9.17, 15) is 0 Å². The van der Waals surface area contributed by atoms with Crippen molar-refractivity contribution in [1.29, 1.82) is 0 Å². The first-order valence-electron chi connectivity index (χ1n) is 7.57. The average molecular weight is 280 g/mol. The largest absolute Gasteiger partial charge is 0.493 e. The Morgan fingerprint density at radius 3 is 2.90 bits per heavy atom. The van der Waals surface area contributed by atoms with Crippen molar-refractivity contribution in [2.24, 2.45) is 0 Å². The fourth-order valence-corrected chi connectivity index (χ4v) is 3.12. The summed E-state index contributed by atoms with van der Waals surface area (Å²) in [6.07, 6.45) is 6.84. The van der Waals surface area contributed by atoms with Crippen LogP contribution in [0.3, 0.4) is 0 Å². The maximum Gasteiger partial charge on any atom is 0.160 e. The van der Waals surface area contributed by atoms with Crippen LogP contribution in [0.1, 0.15) is 37.3 Å². The number of likely N-dealkylation sites (N-methyl/N-ethyl adjacent to an activating group) is 1. The highest BCUT2D eigenvalue weighted by atomic mass is 16.5. The number of aromatic nitrogens is 2. The van der Waals surface area contributed by atoms with E-state index in [1.165, 1.54) is 31.4 Å². The lowest BCUT2D eigenvalue weighted by atomic mass is 9.83. The molecule has 2 rings (SSSR count). The zero-order chi connectivity index (χ0) is 14.5. The van der Waals surface area contributed by atoms with Gasteiger partial charge in [0.25, 0.3) is 0 Å². The second kappa shape index (κ2) is 7.09. The Labute approximate surface area is 122 Å². The Balaban J connectivity index is 2.16. The Kier molecular flexibility index (Phi) is 5.43. The quantitative estimate of drug-likeness (QED) is 0.861. The molecule has 0 radical (unpaired) electrons. The fraction of sp³-hybridized carbons (Fsp3) is 0.800. The van der Waals surface area contributed by atoms with Crippen LogP contribution in [-0.4, -0.2) is 55.5 Å². The number of nitrogens with zero attached hydrogens (tertiary/aromatic N) is 3. The zero-order valence-electron chi connectivity index (χ0n) is 13.2. The Morgan fingerprint density at radius 1 is 1.45 bits per heavy atom. The van der Waals surface area contributed by atoms with Crippen molar-refractivity contribution in [3.8, 4) is 5.75 Å². The van der Waals surface area contributed by atoms with Crippen molar-refractivity contribution in [3.63, 3.8) is 0 Å². The molecule has 0 amide bonds. The minimum Gasteiger partial charge on any atom is -0.493 e. The van der Waals surface area contributed by atoms with Crippen LogP contribution in [0.15, 0.2) is 6.20 Å². The highest BCUT2D eigenvalue weighted by Gasteiger charge is 2.27. The summed E-state index contributed by atoms with van der Waals surface area (Å²) in [5.74, 6) is 1.51. The standard InChI is InChI=1S/C15H28N4O/c1-16-13-7-5-6-12(10-13)15-14(20-4)11-17-19(15)9-8-18(2)3/h11-13,16H,5-10H2,1-4H3. The molecule has 5 nitrogen and oxygen atoms in total. The number of rotatable bonds is 6. The third-order valence-corrected chi connectivity index (χ3v) is 4.29. The van der Waals surface area contributed by atoms with Crippen LogP contribution in [0.2, 0.25) is 0 Å². The van der Waals surface area contributed by atoms with E-state index in [2.05, 4.69) is 41.1 Å². The lowest BCUT2D eigenvalue weighted by Crippen LogP contribution is -2.31. The molecule has 1 aromatic heterocycles. The Hall–Kier alpha value is -1.07. The van der Waals surface area contributed by atoms with E-state index in [0.717, 1.165) is 18.8 Å². The van der Waals surface area contributed by atoms with Crippen LogP contribution in [-0.2, 0) is 6.54 Å². The summed E-state index contributed by atoms with van der Waals surface area (Å²) < 4.78 is 7.68. The molecular formula is C15H28N4O. The summed E-state index contributed by atoms with van der Waals surface area (Å²) in [6, 6.07) is 0.621. The Bertz CT molecular complexity index is 416. The second-order valence-electron chi connectivity index (χ2n) is 5.97. The summed E-state index contributed by atoms with van der Waals surface area (Å²) >= 11 is 0. The van der Waals surface area contributed by atoms with Crippen LogP contribution in [0.4, 0.5) is 0 Å². The van der Waals surface area contributed by atoms with Gasteiger partial charge in [-0.25, -0.2) is 0 Å². The van der Waals surface area contributed by atoms with Gasteiger partial charge in [-0.05, 0) is 40.4 Å². The molecule has 1 aromatic rings. The first kappa shape index (κ1) is 15.3. The average Bonchev–Trinajstić information content (AvgIpc) is 2.88. The summed E-state index contributed by atoms with van der Waals surface area (Å²) in [5.41, 5.74) is 1.29. The van der Waals surface area contributed by atoms with Crippen LogP contribution < -0.4 is 10.1 Å². The molecule has 0 bridgehead atoms. The van der Waals surface area contributed by atoms with Crippen molar-refractivity contribution in [2.75, 3.05) is 34.8 Å². The van der Waals surface area contributed by atoms with Crippen molar-refractivity contribution >= 4 is 0 Å². The molecule has 1 heterocycles. The number of ether oxygens (including phenoxy) is 1. The van der Waals surface area contributed by atoms with Gasteiger partial charge in [0.2, 0.25) is 0 Å². The molecule has 0 aromatic carbocycles. The van der Waals surface area contributed by atoms with Gasteiger partial charge in [-0.15, -0.1) is 0 Å². The predicted octanol–water partition coefficient (Wildman–Crippen LogP) is 1.70. The van der Waals surface area contributed by atoms with Gasteiger partial charge in [0.15, 0.2) is 5.75 Å². The molecule has 0 spiro atoms. The van der Waals surface area contributed by atoms with Crippen molar-refractivity contribution in [3.05, 3.63) is 11.9 Å². The van der Waals surface area contributed by atoms with E-state index in [1.54, 1.807) is 7.11 Å². The van der Waals surface area contributed by atoms with Gasteiger partial charge in [-0.2, -0.15) is 5.10 Å². The molecule has 1 aliphatic rings. The minimum atomic E-state index is 0.556. The molecular weight excluding hydrogens is 252 g/mol. The Morgan fingerprint density at radius 2 is 2.25 bits per heavy atom. The molecule has 1 fully saturated rings. The highest BCUT2D eigenvalue weighted by molar-refractivity contribution is 5.29. The molecule has 0 aliphatic heterocycles. The van der Waals surface area contributed by atoms with E-state index in [1.807, 2.05) is 6.20 Å². The summed E-state index contributed by atoms with van der Waals surface area (Å²) in [4.78, 5) is 2.19. The van der Waals surface area contributed by atoms with Gasteiger partial charge in [-0.1, -0.05) is 6.42 Å². The normalized spacial score (nSPS) is 23.2. The predicted molar refractivity (Wildman–Crippen MR) is 81.4 cm³/mol. The van der Waals surface area contributed by atoms with E-state index >= 15 is 0 Å². The van der Waals surface area contributed by atoms with Crippen LogP contribution in [0.5, 0.6) is 5.75 Å². The molecule has 20 heavy (non-hydrogen) atoms. The van der Waals surface area contributed by atoms with E-state index in [4.69, 9.17) is 4.74 Å². The lowest BCUT2D eigenvalue weighted by molar-refractivity contribution is 0.318. The minimum absolute atomic E-state index is 0.556. The molecule has 1 aliphatic carbocycles. The third kappa shape index (κ3) is 3.52. The maximum absolute atomic E-state index is 5.54. The molecule has 0 saturated heterocycles. The first-order valence-corrected chi connectivity index (χ1v) is 7.57. The molecule has 114 valence electrons. The molecule has 1 N–H and O–H groups in total. The number of hydrogen-bond donors (Lipinski definition) is 1. The van der Waals surface area contributed by atoms with Crippen molar-refractivity contribution < 1.29 is 4.74 Å². The number of nitrogens with one attached hydrogen (secondary N) is 1. The van der Waals surface area contributed by atoms with Crippen LogP contribution in [0, 0.1) is 0 Å². The van der Waals surface area contributed by atoms with Crippen molar-refractivity contribution in [2.45, 2.75) is 44.2 Å². The van der Waals surface area contributed by atoms with E-state index in [0.29, 0.717) is 12.0 Å². The summed E-state index contributed by atoms with van der Waals surface area (Å²) in [7, 11) is 8.00. The summed E-state index contributed by atoms with van der Waals surface area (Å²) in [5, 5.41) is 7.95. The van der Waals surface area contributed by atoms with Gasteiger partial charge < -0.3 is 15.0 Å². The molecule has 2 unspecified atom stereocenters. The first-order chi connectivity index (χ1) is 9.65. The molecule has 2 atom stereocenters. The maximum atomic E-state index is 5.54. The van der Waals surface area contributed by atoms with Gasteiger partial charge in [0.05, 0.1) is 25.5 Å².